The Balaban J connectivity index is 1.57. The topological polar surface area (TPSA) is 127 Å². The van der Waals surface area contributed by atoms with Gasteiger partial charge in [0.2, 0.25) is 21.1 Å². The summed E-state index contributed by atoms with van der Waals surface area (Å²) in [6, 6.07) is 11.8. The van der Waals surface area contributed by atoms with E-state index >= 15 is 0 Å². The highest BCUT2D eigenvalue weighted by atomic mass is 32.2. The van der Waals surface area contributed by atoms with Crippen molar-refractivity contribution in [3.63, 3.8) is 0 Å². The first kappa shape index (κ1) is 21.2. The molecular weight excluding hydrogens is 430 g/mol. The largest absolute Gasteiger partial charge is 0.330 e. The Kier molecular flexibility index (Phi) is 6.52. The van der Waals surface area contributed by atoms with E-state index in [1.165, 1.54) is 46.9 Å². The number of nitrogens with zero attached hydrogens (tertiary/aromatic N) is 2. The predicted octanol–water partition coefficient (Wildman–Crippen LogP) is 3.28. The van der Waals surface area contributed by atoms with Crippen molar-refractivity contribution in [2.45, 2.75) is 23.1 Å². The minimum absolute atomic E-state index is 0.0609. The summed E-state index contributed by atoms with van der Waals surface area (Å²) in [5, 5.41) is 19.8. The zero-order chi connectivity index (χ0) is 21.0. The molecule has 1 heterocycles. The molecule has 0 atom stereocenters. The number of carbonyl (C=O) groups excluding carboxylic acids is 1. The molecule has 2 aromatic carbocycles. The first-order chi connectivity index (χ1) is 13.7. The molecule has 29 heavy (non-hydrogen) atoms. The summed E-state index contributed by atoms with van der Waals surface area (Å²) in [6.45, 7) is 4.07. The van der Waals surface area contributed by atoms with Gasteiger partial charge in [-0.2, -0.15) is 0 Å². The van der Waals surface area contributed by atoms with Gasteiger partial charge >= 0.3 is 0 Å². The van der Waals surface area contributed by atoms with Gasteiger partial charge in [0, 0.05) is 11.4 Å². The number of hydrogen-bond acceptors (Lipinski definition) is 8. The average molecular weight is 450 g/mol. The van der Waals surface area contributed by atoms with Crippen molar-refractivity contribution in [2.24, 2.45) is 5.14 Å². The van der Waals surface area contributed by atoms with E-state index in [-0.39, 0.29) is 16.6 Å². The standard InChI is InChI=1S/C18H19N5O3S3/c1-11-5-3-8-15(12(11)2)21-17-22-23-18(28-17)27-10-16(24)20-13-6-4-7-14(9-13)29(19,25)26/h3-9H,10H2,1-2H3,(H,20,24)(H,21,22)(H2,19,25,26). The maximum atomic E-state index is 12.2. The number of hydrogen-bond donors (Lipinski definition) is 3. The lowest BCUT2D eigenvalue weighted by atomic mass is 10.1. The Bertz CT molecular complexity index is 1150. The number of primary sulfonamides is 1. The third-order valence-electron chi connectivity index (χ3n) is 4.03. The molecule has 11 heteroatoms. The molecule has 0 bridgehead atoms. The van der Waals surface area contributed by atoms with E-state index < -0.39 is 10.0 Å². The lowest BCUT2D eigenvalue weighted by Gasteiger charge is -2.08. The Morgan fingerprint density at radius 2 is 1.93 bits per heavy atom. The van der Waals surface area contributed by atoms with Crippen molar-refractivity contribution >= 4 is 55.5 Å². The molecule has 152 valence electrons. The second-order valence-electron chi connectivity index (χ2n) is 6.16. The van der Waals surface area contributed by atoms with Crippen molar-refractivity contribution in [1.29, 1.82) is 0 Å². The molecule has 0 fully saturated rings. The molecule has 0 spiro atoms. The van der Waals surface area contributed by atoms with Gasteiger partial charge in [-0.05, 0) is 49.2 Å². The van der Waals surface area contributed by atoms with E-state index in [0.717, 1.165) is 11.3 Å². The van der Waals surface area contributed by atoms with Gasteiger partial charge in [-0.25, -0.2) is 13.6 Å². The van der Waals surface area contributed by atoms with Crippen LogP contribution < -0.4 is 15.8 Å². The van der Waals surface area contributed by atoms with Crippen LogP contribution in [0.3, 0.4) is 0 Å². The zero-order valence-corrected chi connectivity index (χ0v) is 18.1. The van der Waals surface area contributed by atoms with Crippen LogP contribution in [0, 0.1) is 13.8 Å². The molecule has 3 rings (SSSR count). The number of sulfonamides is 1. The Morgan fingerprint density at radius 3 is 2.69 bits per heavy atom. The predicted molar refractivity (Wildman–Crippen MR) is 116 cm³/mol. The van der Waals surface area contributed by atoms with Gasteiger partial charge < -0.3 is 10.6 Å². The highest BCUT2D eigenvalue weighted by Gasteiger charge is 2.12. The van der Waals surface area contributed by atoms with E-state index in [0.29, 0.717) is 15.2 Å². The first-order valence-electron chi connectivity index (χ1n) is 8.44. The van der Waals surface area contributed by atoms with Gasteiger partial charge in [-0.3, -0.25) is 4.79 Å². The van der Waals surface area contributed by atoms with Gasteiger partial charge in [-0.1, -0.05) is 41.3 Å². The number of aromatic nitrogens is 2. The summed E-state index contributed by atoms with van der Waals surface area (Å²) in [4.78, 5) is 12.1. The van der Waals surface area contributed by atoms with E-state index in [2.05, 4.69) is 20.8 Å². The molecule has 0 aliphatic carbocycles. The number of anilines is 3. The molecular formula is C18H19N5O3S3. The van der Waals surface area contributed by atoms with Crippen molar-refractivity contribution in [3.8, 4) is 0 Å². The SMILES string of the molecule is Cc1cccc(Nc2nnc(SCC(=O)Nc3cccc(S(N)(=O)=O)c3)s2)c1C. The minimum atomic E-state index is -3.83. The minimum Gasteiger partial charge on any atom is -0.330 e. The van der Waals surface area contributed by atoms with Crippen LogP contribution in [0.2, 0.25) is 0 Å². The van der Waals surface area contributed by atoms with E-state index in [1.54, 1.807) is 6.07 Å². The summed E-state index contributed by atoms with van der Waals surface area (Å²) in [5.41, 5.74) is 3.64. The number of nitrogens with one attached hydrogen (secondary N) is 2. The number of nitrogens with two attached hydrogens (primary N) is 1. The molecule has 0 unspecified atom stereocenters. The number of benzene rings is 2. The number of rotatable bonds is 7. The summed E-state index contributed by atoms with van der Waals surface area (Å²) < 4.78 is 23.4. The fourth-order valence-electron chi connectivity index (χ4n) is 2.40. The van der Waals surface area contributed by atoms with Crippen LogP contribution in [0.15, 0.2) is 51.7 Å². The van der Waals surface area contributed by atoms with Crippen LogP contribution in [0.5, 0.6) is 0 Å². The van der Waals surface area contributed by atoms with Gasteiger partial charge in [0.05, 0.1) is 10.6 Å². The molecule has 0 radical (unpaired) electrons. The first-order valence-corrected chi connectivity index (χ1v) is 11.8. The van der Waals surface area contributed by atoms with Gasteiger partial charge in [0.1, 0.15) is 0 Å². The highest BCUT2D eigenvalue weighted by Crippen LogP contribution is 2.29. The van der Waals surface area contributed by atoms with Gasteiger partial charge in [-0.15, -0.1) is 10.2 Å². The second kappa shape index (κ2) is 8.91. The smallest absolute Gasteiger partial charge is 0.238 e. The lowest BCUT2D eigenvalue weighted by Crippen LogP contribution is -2.16. The molecule has 1 aromatic heterocycles. The molecule has 4 N–H and O–H groups in total. The molecule has 8 nitrogen and oxygen atoms in total. The third-order valence-corrected chi connectivity index (χ3v) is 6.91. The number of aryl methyl sites for hydroxylation is 1. The summed E-state index contributed by atoms with van der Waals surface area (Å²) in [5.74, 6) is -0.182. The number of carbonyl (C=O) groups is 1. The van der Waals surface area contributed by atoms with Gasteiger partial charge in [0.25, 0.3) is 0 Å². The molecule has 0 saturated carbocycles. The lowest BCUT2D eigenvalue weighted by molar-refractivity contribution is -0.113. The highest BCUT2D eigenvalue weighted by molar-refractivity contribution is 8.01. The summed E-state index contributed by atoms with van der Waals surface area (Å²) >= 11 is 2.60. The maximum Gasteiger partial charge on any atom is 0.238 e. The molecule has 0 aliphatic heterocycles. The fourth-order valence-corrected chi connectivity index (χ4v) is 4.52. The van der Waals surface area contributed by atoms with Crippen LogP contribution in [0.4, 0.5) is 16.5 Å². The quantitative estimate of drug-likeness (QED) is 0.472. The third kappa shape index (κ3) is 5.76. The van der Waals surface area contributed by atoms with Crippen molar-refractivity contribution in [2.75, 3.05) is 16.4 Å². The number of amides is 1. The van der Waals surface area contributed by atoms with Crippen molar-refractivity contribution < 1.29 is 13.2 Å². The second-order valence-corrected chi connectivity index (χ2v) is 9.92. The number of thioether (sulfide) groups is 1. The molecule has 3 aromatic rings. The summed E-state index contributed by atoms with van der Waals surface area (Å²) in [6.07, 6.45) is 0. The van der Waals surface area contributed by atoms with Crippen LogP contribution in [0.1, 0.15) is 11.1 Å². The summed E-state index contributed by atoms with van der Waals surface area (Å²) in [7, 11) is -3.83. The zero-order valence-electron chi connectivity index (χ0n) is 15.7. The van der Waals surface area contributed by atoms with Crippen LogP contribution in [0.25, 0.3) is 0 Å². The van der Waals surface area contributed by atoms with E-state index in [9.17, 15) is 13.2 Å². The Labute approximate surface area is 177 Å². The van der Waals surface area contributed by atoms with Crippen LogP contribution >= 0.6 is 23.1 Å². The average Bonchev–Trinajstić information content (AvgIpc) is 3.11. The van der Waals surface area contributed by atoms with Crippen molar-refractivity contribution in [1.82, 2.24) is 10.2 Å². The van der Waals surface area contributed by atoms with E-state index in [4.69, 9.17) is 5.14 Å². The van der Waals surface area contributed by atoms with Gasteiger partial charge in [0.15, 0.2) is 4.34 Å². The monoisotopic (exact) mass is 449 g/mol. The Morgan fingerprint density at radius 1 is 1.17 bits per heavy atom. The Hall–Kier alpha value is -2.47. The van der Waals surface area contributed by atoms with Crippen LogP contribution in [-0.2, 0) is 14.8 Å². The van der Waals surface area contributed by atoms with Crippen molar-refractivity contribution in [3.05, 3.63) is 53.6 Å². The van der Waals surface area contributed by atoms with Crippen LogP contribution in [-0.4, -0.2) is 30.3 Å². The normalized spacial score (nSPS) is 11.3. The molecule has 0 saturated heterocycles. The maximum absolute atomic E-state index is 12.2. The molecule has 1 amide bonds. The molecule has 0 aliphatic rings. The fraction of sp³-hybridized carbons (Fsp3) is 0.167. The van der Waals surface area contributed by atoms with E-state index in [1.807, 2.05) is 32.0 Å².